The van der Waals surface area contributed by atoms with E-state index in [1.54, 1.807) is 0 Å². The molecule has 0 aromatic carbocycles. The molecular weight excluding hydrogens is 308 g/mol. The average Bonchev–Trinajstić information content (AvgIpc) is 2.46. The monoisotopic (exact) mass is 325 g/mol. The summed E-state index contributed by atoms with van der Waals surface area (Å²) in [4.78, 5) is 32.5. The summed E-state index contributed by atoms with van der Waals surface area (Å²) in [6, 6.07) is -0.604. The molecule has 1 aliphatic rings. The molecule has 0 aliphatic carbocycles. The lowest BCUT2D eigenvalue weighted by atomic mass is 9.81. The van der Waals surface area contributed by atoms with Crippen molar-refractivity contribution in [3.8, 4) is 0 Å². The number of nitrogens with zero attached hydrogens (tertiary/aromatic N) is 3. The summed E-state index contributed by atoms with van der Waals surface area (Å²) in [5.41, 5.74) is 0. The molecule has 9 nitrogen and oxygen atoms in total. The van der Waals surface area contributed by atoms with E-state index in [0.29, 0.717) is 13.0 Å². The molecule has 0 bridgehead atoms. The van der Waals surface area contributed by atoms with E-state index in [9.17, 15) is 14.0 Å². The Hall–Kier alpha value is -2.27. The SMILES string of the molecule is CC(NC(=O)CNC(=O)[C@@H]1CCN1c1ncncc1F)B(O)O. The van der Waals surface area contributed by atoms with Crippen LogP contribution in [0.5, 0.6) is 0 Å². The Bertz CT molecular complexity index is 590. The Kier molecular flexibility index (Phi) is 5.45. The Morgan fingerprint density at radius 3 is 2.87 bits per heavy atom. The zero-order valence-corrected chi connectivity index (χ0v) is 12.4. The second kappa shape index (κ2) is 7.33. The fourth-order valence-electron chi connectivity index (χ4n) is 2.10. The number of carbonyl (C=O) groups is 2. The van der Waals surface area contributed by atoms with Crippen LogP contribution in [0.25, 0.3) is 0 Å². The predicted molar refractivity (Wildman–Crippen MR) is 78.5 cm³/mol. The highest BCUT2D eigenvalue weighted by molar-refractivity contribution is 6.43. The molecule has 1 aromatic rings. The topological polar surface area (TPSA) is 128 Å². The predicted octanol–water partition coefficient (Wildman–Crippen LogP) is -2.17. The fraction of sp³-hybridized carbons (Fsp3) is 0.500. The van der Waals surface area contributed by atoms with Crippen LogP contribution in [0, 0.1) is 5.82 Å². The van der Waals surface area contributed by atoms with Gasteiger partial charge in [0.05, 0.1) is 18.7 Å². The highest BCUT2D eigenvalue weighted by Gasteiger charge is 2.36. The molecule has 1 saturated heterocycles. The smallest absolute Gasteiger partial charge is 0.426 e. The quantitative estimate of drug-likeness (QED) is 0.438. The van der Waals surface area contributed by atoms with Crippen molar-refractivity contribution in [1.82, 2.24) is 20.6 Å². The molecule has 1 aliphatic heterocycles. The van der Waals surface area contributed by atoms with Gasteiger partial charge in [-0.3, -0.25) is 9.59 Å². The molecule has 2 atom stereocenters. The van der Waals surface area contributed by atoms with Crippen LogP contribution < -0.4 is 15.5 Å². The van der Waals surface area contributed by atoms with Crippen molar-refractivity contribution < 1.29 is 24.0 Å². The van der Waals surface area contributed by atoms with Gasteiger partial charge >= 0.3 is 7.12 Å². The Balaban J connectivity index is 1.85. The van der Waals surface area contributed by atoms with Crippen LogP contribution in [0.2, 0.25) is 0 Å². The van der Waals surface area contributed by atoms with Crippen LogP contribution in [-0.2, 0) is 9.59 Å². The van der Waals surface area contributed by atoms with Gasteiger partial charge < -0.3 is 25.6 Å². The summed E-state index contributed by atoms with van der Waals surface area (Å²) in [7, 11) is -1.68. The Labute approximate surface area is 132 Å². The number of amides is 2. The van der Waals surface area contributed by atoms with Crippen LogP contribution >= 0.6 is 0 Å². The van der Waals surface area contributed by atoms with E-state index in [1.807, 2.05) is 0 Å². The maximum Gasteiger partial charge on any atom is 0.475 e. The molecule has 0 spiro atoms. The number of hydrogen-bond acceptors (Lipinski definition) is 7. The molecule has 1 unspecified atom stereocenters. The first-order valence-corrected chi connectivity index (χ1v) is 7.05. The lowest BCUT2D eigenvalue weighted by Crippen LogP contribution is -2.58. The van der Waals surface area contributed by atoms with E-state index in [4.69, 9.17) is 10.0 Å². The molecule has 2 amide bonds. The second-order valence-electron chi connectivity index (χ2n) is 5.18. The third-order valence-electron chi connectivity index (χ3n) is 3.50. The number of anilines is 1. The maximum atomic E-state index is 13.6. The first kappa shape index (κ1) is 17.1. The van der Waals surface area contributed by atoms with Crippen LogP contribution in [0.1, 0.15) is 13.3 Å². The molecule has 124 valence electrons. The van der Waals surface area contributed by atoms with Gasteiger partial charge in [0.15, 0.2) is 11.6 Å². The molecule has 11 heteroatoms. The summed E-state index contributed by atoms with van der Waals surface area (Å²) in [6.45, 7) is 1.58. The van der Waals surface area contributed by atoms with Crippen molar-refractivity contribution in [2.45, 2.75) is 25.3 Å². The molecular formula is C12H17BFN5O4. The van der Waals surface area contributed by atoms with Crippen molar-refractivity contribution in [3.63, 3.8) is 0 Å². The number of hydrogen-bond donors (Lipinski definition) is 4. The highest BCUT2D eigenvalue weighted by atomic mass is 19.1. The normalized spacial score (nSPS) is 17.9. The van der Waals surface area contributed by atoms with Gasteiger partial charge in [0, 0.05) is 6.54 Å². The highest BCUT2D eigenvalue weighted by Crippen LogP contribution is 2.26. The minimum absolute atomic E-state index is 0.0490. The zero-order chi connectivity index (χ0) is 17.0. The van der Waals surface area contributed by atoms with Crippen LogP contribution in [0.15, 0.2) is 12.5 Å². The Morgan fingerprint density at radius 1 is 1.57 bits per heavy atom. The minimum Gasteiger partial charge on any atom is -0.426 e. The van der Waals surface area contributed by atoms with Gasteiger partial charge in [0.25, 0.3) is 0 Å². The standard InChI is InChI=1S/C12H17BFN5O4/c1-7(13(22)23)18-10(20)5-16-12(21)9-2-3-19(9)11-8(14)4-15-6-17-11/h4,6-7,9,22-23H,2-3,5H2,1H3,(H,16,21)(H,18,20)/t7?,9-/m0/s1. The maximum absolute atomic E-state index is 13.6. The molecule has 2 heterocycles. The van der Waals surface area contributed by atoms with Crippen molar-refractivity contribution >= 4 is 24.8 Å². The van der Waals surface area contributed by atoms with Gasteiger partial charge in [-0.15, -0.1) is 0 Å². The summed E-state index contributed by atoms with van der Waals surface area (Å²) in [5, 5.41) is 22.5. The number of rotatable bonds is 6. The molecule has 1 aromatic heterocycles. The fourth-order valence-corrected chi connectivity index (χ4v) is 2.10. The van der Waals surface area contributed by atoms with Crippen molar-refractivity contribution in [1.29, 1.82) is 0 Å². The lowest BCUT2D eigenvalue weighted by molar-refractivity contribution is -0.127. The third-order valence-corrected chi connectivity index (χ3v) is 3.50. The summed E-state index contributed by atoms with van der Waals surface area (Å²) >= 11 is 0. The molecule has 2 rings (SSSR count). The van der Waals surface area contributed by atoms with Crippen molar-refractivity contribution in [3.05, 3.63) is 18.3 Å². The number of halogens is 1. The molecule has 23 heavy (non-hydrogen) atoms. The molecule has 1 fully saturated rings. The van der Waals surface area contributed by atoms with Gasteiger partial charge in [-0.25, -0.2) is 14.4 Å². The van der Waals surface area contributed by atoms with Gasteiger partial charge in [-0.1, -0.05) is 0 Å². The molecule has 0 radical (unpaired) electrons. The summed E-state index contributed by atoms with van der Waals surface area (Å²) in [5.74, 6) is -2.41. The number of nitrogens with one attached hydrogen (secondary N) is 2. The number of carbonyl (C=O) groups excluding carboxylic acids is 2. The van der Waals surface area contributed by atoms with Crippen LogP contribution in [0.4, 0.5) is 10.2 Å². The van der Waals surface area contributed by atoms with Gasteiger partial charge in [0.2, 0.25) is 11.8 Å². The first-order valence-electron chi connectivity index (χ1n) is 7.05. The van der Waals surface area contributed by atoms with E-state index in [1.165, 1.54) is 18.2 Å². The summed E-state index contributed by atoms with van der Waals surface area (Å²) < 4.78 is 13.6. The zero-order valence-electron chi connectivity index (χ0n) is 12.4. The number of aromatic nitrogens is 2. The third kappa shape index (κ3) is 4.14. The van der Waals surface area contributed by atoms with Crippen LogP contribution in [-0.4, -0.2) is 64.0 Å². The van der Waals surface area contributed by atoms with Crippen molar-refractivity contribution in [2.24, 2.45) is 0 Å². The van der Waals surface area contributed by atoms with E-state index in [2.05, 4.69) is 20.6 Å². The summed E-state index contributed by atoms with van der Waals surface area (Å²) in [6.07, 6.45) is 2.73. The van der Waals surface area contributed by atoms with E-state index < -0.39 is 36.7 Å². The van der Waals surface area contributed by atoms with Crippen LogP contribution in [0.3, 0.4) is 0 Å². The van der Waals surface area contributed by atoms with Gasteiger partial charge in [0.1, 0.15) is 12.4 Å². The van der Waals surface area contributed by atoms with Gasteiger partial charge in [-0.2, -0.15) is 0 Å². The van der Waals surface area contributed by atoms with E-state index in [0.717, 1.165) is 6.20 Å². The largest absolute Gasteiger partial charge is 0.475 e. The van der Waals surface area contributed by atoms with E-state index in [-0.39, 0.29) is 12.4 Å². The molecule has 0 saturated carbocycles. The minimum atomic E-state index is -1.68. The van der Waals surface area contributed by atoms with E-state index >= 15 is 0 Å². The van der Waals surface area contributed by atoms with Gasteiger partial charge in [-0.05, 0) is 13.3 Å². The molecule has 4 N–H and O–H groups in total. The lowest BCUT2D eigenvalue weighted by Gasteiger charge is -2.40. The van der Waals surface area contributed by atoms with Crippen molar-refractivity contribution in [2.75, 3.05) is 18.0 Å². The average molecular weight is 325 g/mol. The first-order chi connectivity index (χ1) is 10.9. The Morgan fingerprint density at radius 2 is 2.30 bits per heavy atom. The second-order valence-corrected chi connectivity index (χ2v) is 5.18.